The summed E-state index contributed by atoms with van der Waals surface area (Å²) in [7, 11) is -1.60. The van der Waals surface area contributed by atoms with Gasteiger partial charge >= 0.3 is 0 Å². The van der Waals surface area contributed by atoms with E-state index in [0.29, 0.717) is 10.7 Å². The predicted molar refractivity (Wildman–Crippen MR) is 83.5 cm³/mol. The maximum Gasteiger partial charge on any atom is 0.258 e. The van der Waals surface area contributed by atoms with Crippen molar-refractivity contribution in [3.8, 4) is 11.3 Å². The van der Waals surface area contributed by atoms with E-state index < -0.39 is 16.9 Å². The molecule has 0 aliphatic carbocycles. The molecule has 0 saturated carbocycles. The Balaban J connectivity index is 1.82. The van der Waals surface area contributed by atoms with Crippen LogP contribution < -0.4 is 4.72 Å². The molecule has 1 unspecified atom stereocenters. The molecule has 0 bridgehead atoms. The van der Waals surface area contributed by atoms with E-state index in [-0.39, 0.29) is 6.17 Å². The van der Waals surface area contributed by atoms with E-state index in [9.17, 15) is 9.00 Å². The van der Waals surface area contributed by atoms with Gasteiger partial charge in [-0.15, -0.1) is 0 Å². The zero-order valence-electron chi connectivity index (χ0n) is 12.2. The lowest BCUT2D eigenvalue weighted by atomic mass is 10.1. The van der Waals surface area contributed by atoms with Gasteiger partial charge in [0.2, 0.25) is 0 Å². The second kappa shape index (κ2) is 4.88. The van der Waals surface area contributed by atoms with Gasteiger partial charge in [-0.05, 0) is 24.3 Å². The number of rotatable bonds is 2. The Bertz CT molecular complexity index is 1010. The Morgan fingerprint density at radius 3 is 2.95 bits per heavy atom. The Morgan fingerprint density at radius 1 is 1.27 bits per heavy atom. The molecule has 3 aromatic rings. The van der Waals surface area contributed by atoms with Gasteiger partial charge < -0.3 is 0 Å². The van der Waals surface area contributed by atoms with E-state index in [4.69, 9.17) is 1.37 Å². The third kappa shape index (κ3) is 2.03. The number of hydrogen-bond acceptors (Lipinski definition) is 4. The highest BCUT2D eigenvalue weighted by Crippen LogP contribution is 2.25. The molecule has 1 aliphatic heterocycles. The van der Waals surface area contributed by atoms with E-state index in [1.807, 2.05) is 24.3 Å². The summed E-state index contributed by atoms with van der Waals surface area (Å²) < 4.78 is 23.3. The molecule has 1 aromatic carbocycles. The maximum atomic E-state index is 11.9. The van der Waals surface area contributed by atoms with E-state index in [1.165, 1.54) is 10.8 Å². The number of nitrogens with zero attached hydrogens (tertiary/aromatic N) is 3. The summed E-state index contributed by atoms with van der Waals surface area (Å²) in [6, 6.07) is 10.8. The molecule has 2 aromatic heterocycles. The Hall–Kier alpha value is -2.80. The van der Waals surface area contributed by atoms with Crippen molar-refractivity contribution in [1.82, 2.24) is 19.5 Å². The van der Waals surface area contributed by atoms with Crippen LogP contribution in [0.4, 0.5) is 0 Å². The van der Waals surface area contributed by atoms with Crippen molar-refractivity contribution < 1.29 is 10.4 Å². The van der Waals surface area contributed by atoms with Gasteiger partial charge in [-0.1, -0.05) is 12.1 Å². The van der Waals surface area contributed by atoms with Gasteiger partial charge in [0.1, 0.15) is 0 Å². The smallest absolute Gasteiger partial charge is 0.258 e. The van der Waals surface area contributed by atoms with E-state index in [2.05, 4.69) is 14.8 Å². The summed E-state index contributed by atoms with van der Waals surface area (Å²) in [5, 5.41) is 5.36. The monoisotopic (exact) mass is 311 g/mol. The fourth-order valence-electron chi connectivity index (χ4n) is 2.33. The lowest BCUT2D eigenvalue weighted by Crippen LogP contribution is -2.17. The first-order chi connectivity index (χ1) is 11.1. The first kappa shape index (κ1) is 11.8. The molecule has 1 aliphatic rings. The number of aromatic nitrogens is 3. The second-order valence-electron chi connectivity index (χ2n) is 4.70. The fraction of sp³-hybridized carbons (Fsp3) is 0. The summed E-state index contributed by atoms with van der Waals surface area (Å²) >= 11 is 0. The summed E-state index contributed by atoms with van der Waals surface area (Å²) in [6.07, 6.45) is 3.13. The van der Waals surface area contributed by atoms with Crippen molar-refractivity contribution in [2.24, 2.45) is 0 Å². The molecule has 1 N–H and O–H groups in total. The van der Waals surface area contributed by atoms with Gasteiger partial charge in [-0.25, -0.2) is 8.89 Å². The number of nitrogens with one attached hydrogen (secondary N) is 1. The maximum absolute atomic E-state index is 11.9. The molecule has 0 spiro atoms. The number of pyridine rings is 1. The number of benzene rings is 1. The third-order valence-corrected chi connectivity index (χ3v) is 4.38. The van der Waals surface area contributed by atoms with Crippen LogP contribution in [-0.4, -0.2) is 24.9 Å². The van der Waals surface area contributed by atoms with Crippen LogP contribution in [0.2, 0.25) is 0 Å². The van der Waals surface area contributed by atoms with Gasteiger partial charge in [-0.2, -0.15) is 5.10 Å². The summed E-state index contributed by atoms with van der Waals surface area (Å²) in [6.45, 7) is 0. The molecule has 0 saturated heterocycles. The van der Waals surface area contributed by atoms with Crippen molar-refractivity contribution in [2.45, 2.75) is 0 Å². The highest BCUT2D eigenvalue weighted by Gasteiger charge is 2.23. The standard InChI is InChI=1S/C15H10N4O2S/c20-14-8-15(22(21)18-14)19-13-5-4-10(7-11(13)9-17-19)12-3-1-2-6-16-12/h1-9H,(H,18,20)/i6D. The molecule has 108 valence electrons. The molecule has 1 amide bonds. The van der Waals surface area contributed by atoms with Crippen LogP contribution in [-0.2, 0) is 15.8 Å². The zero-order valence-corrected chi connectivity index (χ0v) is 12.0. The topological polar surface area (TPSA) is 76.9 Å². The van der Waals surface area contributed by atoms with Gasteiger partial charge in [0.15, 0.2) is 16.0 Å². The first-order valence-electron chi connectivity index (χ1n) is 6.98. The molecular weight excluding hydrogens is 300 g/mol. The van der Waals surface area contributed by atoms with Crippen molar-refractivity contribution in [1.29, 1.82) is 0 Å². The van der Waals surface area contributed by atoms with Crippen LogP contribution in [0.1, 0.15) is 1.37 Å². The van der Waals surface area contributed by atoms with Crippen LogP contribution in [0.5, 0.6) is 0 Å². The summed E-state index contributed by atoms with van der Waals surface area (Å²) in [5.41, 5.74) is 2.31. The molecule has 4 rings (SSSR count). The quantitative estimate of drug-likeness (QED) is 0.781. The average molecular weight is 311 g/mol. The van der Waals surface area contributed by atoms with Gasteiger partial charge in [-0.3, -0.25) is 14.5 Å². The Kier molecular flexibility index (Phi) is 2.62. The molecule has 3 heterocycles. The second-order valence-corrected chi connectivity index (χ2v) is 5.86. The van der Waals surface area contributed by atoms with Crippen LogP contribution >= 0.6 is 0 Å². The fourth-order valence-corrected chi connectivity index (χ4v) is 3.20. The minimum absolute atomic E-state index is 0.203. The SMILES string of the molecule is [2H]c1cccc(-c2ccc3c(cnn3C3=CC(=O)NS3=O)c2)n1. The van der Waals surface area contributed by atoms with E-state index >= 15 is 0 Å². The van der Waals surface area contributed by atoms with Crippen molar-refractivity contribution >= 4 is 32.8 Å². The zero-order chi connectivity index (χ0) is 16.0. The number of fused-ring (bicyclic) bond motifs is 1. The number of amides is 1. The molecular formula is C15H10N4O2S. The van der Waals surface area contributed by atoms with E-state index in [1.54, 1.807) is 18.3 Å². The molecule has 0 fully saturated rings. The minimum atomic E-state index is -1.60. The molecule has 6 nitrogen and oxygen atoms in total. The molecule has 0 radical (unpaired) electrons. The average Bonchev–Trinajstić information content (AvgIpc) is 3.09. The predicted octanol–water partition coefficient (Wildman–Crippen LogP) is 1.69. The largest absolute Gasteiger partial charge is 0.269 e. The van der Waals surface area contributed by atoms with Crippen LogP contribution in [0.3, 0.4) is 0 Å². The summed E-state index contributed by atoms with van der Waals surface area (Å²) in [4.78, 5) is 15.5. The Morgan fingerprint density at radius 2 is 2.18 bits per heavy atom. The lowest BCUT2D eigenvalue weighted by molar-refractivity contribution is -0.114. The third-order valence-electron chi connectivity index (χ3n) is 3.32. The van der Waals surface area contributed by atoms with E-state index in [0.717, 1.165) is 16.5 Å². The van der Waals surface area contributed by atoms with Gasteiger partial charge in [0.05, 0.1) is 18.8 Å². The molecule has 7 heteroatoms. The number of carbonyl (C=O) groups is 1. The highest BCUT2D eigenvalue weighted by atomic mass is 32.2. The van der Waals surface area contributed by atoms with Crippen LogP contribution in [0, 0.1) is 0 Å². The summed E-state index contributed by atoms with van der Waals surface area (Å²) in [5.74, 6) is -0.393. The van der Waals surface area contributed by atoms with Crippen molar-refractivity contribution in [3.63, 3.8) is 0 Å². The highest BCUT2D eigenvalue weighted by molar-refractivity contribution is 7.93. The molecule has 1 atom stereocenters. The molecule has 22 heavy (non-hydrogen) atoms. The van der Waals surface area contributed by atoms with Crippen LogP contribution in [0.25, 0.3) is 27.2 Å². The van der Waals surface area contributed by atoms with Gasteiger partial charge in [0.25, 0.3) is 5.91 Å². The number of hydrogen-bond donors (Lipinski definition) is 1. The lowest BCUT2D eigenvalue weighted by Gasteiger charge is -2.04. The van der Waals surface area contributed by atoms with Crippen molar-refractivity contribution in [3.05, 3.63) is 54.8 Å². The Labute approximate surface area is 129 Å². The van der Waals surface area contributed by atoms with Gasteiger partial charge in [0, 0.05) is 23.2 Å². The first-order valence-corrected chi connectivity index (χ1v) is 7.63. The normalized spacial score (nSPS) is 18.2. The minimum Gasteiger partial charge on any atom is -0.269 e. The van der Waals surface area contributed by atoms with Crippen molar-refractivity contribution in [2.75, 3.05) is 0 Å². The number of carbonyl (C=O) groups excluding carboxylic acids is 1. The van der Waals surface area contributed by atoms with Crippen LogP contribution in [0.15, 0.2) is 54.8 Å².